The van der Waals surface area contributed by atoms with Crippen LogP contribution in [0, 0.1) is 5.95 Å². The van der Waals surface area contributed by atoms with Gasteiger partial charge in [-0.25, -0.2) is 14.3 Å². The predicted molar refractivity (Wildman–Crippen MR) is 96.4 cm³/mol. The van der Waals surface area contributed by atoms with Crippen LogP contribution in [0.3, 0.4) is 0 Å². The van der Waals surface area contributed by atoms with Crippen LogP contribution in [-0.2, 0) is 15.0 Å². The third kappa shape index (κ3) is 2.40. The SMILES string of the molecule is CC1(C)CC(C(=O)ON2C(=O)c3ccccc3C2=O)c2cnc3cc(F)nn3c21. The zero-order chi connectivity index (χ0) is 20.5. The number of hydroxylamine groups is 2. The first-order chi connectivity index (χ1) is 13.8. The van der Waals surface area contributed by atoms with Crippen molar-refractivity contribution in [2.75, 3.05) is 0 Å². The molecule has 0 fully saturated rings. The summed E-state index contributed by atoms with van der Waals surface area (Å²) in [7, 11) is 0. The summed E-state index contributed by atoms with van der Waals surface area (Å²) in [5, 5.41) is 4.34. The Morgan fingerprint density at radius 2 is 1.86 bits per heavy atom. The topological polar surface area (TPSA) is 93.9 Å². The van der Waals surface area contributed by atoms with Gasteiger partial charge < -0.3 is 4.84 Å². The Morgan fingerprint density at radius 3 is 2.52 bits per heavy atom. The van der Waals surface area contributed by atoms with E-state index >= 15 is 0 Å². The van der Waals surface area contributed by atoms with Gasteiger partial charge in [-0.05, 0) is 18.6 Å². The first kappa shape index (κ1) is 17.5. The molecular formula is C20H15FN4O4. The Bertz CT molecular complexity index is 1200. The molecule has 2 amide bonds. The number of hydrogen-bond acceptors (Lipinski definition) is 6. The highest BCUT2D eigenvalue weighted by Gasteiger charge is 2.46. The Kier molecular flexibility index (Phi) is 3.43. The number of aromatic nitrogens is 3. The number of hydrogen-bond donors (Lipinski definition) is 0. The molecule has 0 N–H and O–H groups in total. The number of carbonyl (C=O) groups excluding carboxylic acids is 3. The van der Waals surface area contributed by atoms with Crippen LogP contribution in [-0.4, -0.2) is 37.4 Å². The van der Waals surface area contributed by atoms with Crippen LogP contribution in [0.4, 0.5) is 4.39 Å². The summed E-state index contributed by atoms with van der Waals surface area (Å²) >= 11 is 0. The molecule has 8 nitrogen and oxygen atoms in total. The van der Waals surface area contributed by atoms with E-state index in [1.165, 1.54) is 28.9 Å². The molecule has 0 saturated carbocycles. The minimum atomic E-state index is -0.770. The fourth-order valence-electron chi connectivity index (χ4n) is 4.18. The standard InChI is InChI=1S/C20H15FN4O4/c1-20(2)8-12(13-9-22-15-7-14(21)23-24(15)16(13)20)19(28)29-25-17(26)10-5-3-4-6-11(10)18(25)27/h3-7,9,12H,8H2,1-2H3. The average molecular weight is 394 g/mol. The fraction of sp³-hybridized carbons (Fsp3) is 0.250. The third-order valence-corrected chi connectivity index (χ3v) is 5.44. The molecule has 3 heterocycles. The quantitative estimate of drug-likeness (QED) is 0.620. The van der Waals surface area contributed by atoms with E-state index in [1.54, 1.807) is 12.1 Å². The van der Waals surface area contributed by atoms with Crippen molar-refractivity contribution in [3.05, 3.63) is 64.9 Å². The van der Waals surface area contributed by atoms with E-state index in [0.29, 0.717) is 28.4 Å². The van der Waals surface area contributed by atoms with Gasteiger partial charge in [-0.15, -0.1) is 5.10 Å². The average Bonchev–Trinajstić information content (AvgIpc) is 3.27. The van der Waals surface area contributed by atoms with Gasteiger partial charge in [-0.2, -0.15) is 4.39 Å². The molecule has 29 heavy (non-hydrogen) atoms. The molecule has 146 valence electrons. The van der Waals surface area contributed by atoms with Gasteiger partial charge in [0, 0.05) is 23.2 Å². The van der Waals surface area contributed by atoms with Crippen LogP contribution in [0.25, 0.3) is 5.65 Å². The summed E-state index contributed by atoms with van der Waals surface area (Å²) in [6.45, 7) is 3.81. The lowest BCUT2D eigenvalue weighted by Crippen LogP contribution is -2.34. The number of fused-ring (bicyclic) bond motifs is 4. The van der Waals surface area contributed by atoms with Gasteiger partial charge in [-0.3, -0.25) is 9.59 Å². The molecule has 1 atom stereocenters. The van der Waals surface area contributed by atoms with Gasteiger partial charge in [0.15, 0.2) is 5.65 Å². The highest BCUT2D eigenvalue weighted by Crippen LogP contribution is 2.46. The second-order valence-electron chi connectivity index (χ2n) is 7.80. The second-order valence-corrected chi connectivity index (χ2v) is 7.80. The molecule has 0 radical (unpaired) electrons. The number of carbonyl (C=O) groups is 3. The molecule has 5 rings (SSSR count). The number of halogens is 1. The van der Waals surface area contributed by atoms with Crippen LogP contribution in [0.5, 0.6) is 0 Å². The zero-order valence-electron chi connectivity index (χ0n) is 15.5. The Balaban J connectivity index is 1.49. The van der Waals surface area contributed by atoms with Crippen molar-refractivity contribution in [2.45, 2.75) is 31.6 Å². The van der Waals surface area contributed by atoms with Crippen molar-refractivity contribution in [2.24, 2.45) is 0 Å². The molecule has 1 aliphatic carbocycles. The van der Waals surface area contributed by atoms with E-state index in [-0.39, 0.29) is 11.1 Å². The second kappa shape index (κ2) is 5.69. The van der Waals surface area contributed by atoms with E-state index < -0.39 is 35.1 Å². The third-order valence-electron chi connectivity index (χ3n) is 5.44. The number of rotatable bonds is 2. The minimum Gasteiger partial charge on any atom is -0.329 e. The maximum absolute atomic E-state index is 13.6. The lowest BCUT2D eigenvalue weighted by molar-refractivity contribution is -0.170. The largest absolute Gasteiger partial charge is 0.340 e. The lowest BCUT2D eigenvalue weighted by atomic mass is 9.89. The summed E-state index contributed by atoms with van der Waals surface area (Å²) in [6.07, 6.45) is 1.83. The van der Waals surface area contributed by atoms with Crippen LogP contribution in [0.2, 0.25) is 0 Å². The summed E-state index contributed by atoms with van der Waals surface area (Å²) in [4.78, 5) is 47.3. The molecule has 2 aliphatic rings. The molecule has 1 aromatic carbocycles. The molecule has 0 saturated heterocycles. The fourth-order valence-corrected chi connectivity index (χ4v) is 4.18. The molecule has 2 aromatic heterocycles. The van der Waals surface area contributed by atoms with Crippen molar-refractivity contribution >= 4 is 23.4 Å². The molecule has 0 bridgehead atoms. The molecule has 0 spiro atoms. The first-order valence-corrected chi connectivity index (χ1v) is 9.02. The molecule has 9 heteroatoms. The molecule has 1 aliphatic heterocycles. The van der Waals surface area contributed by atoms with Crippen molar-refractivity contribution < 1.29 is 23.6 Å². The van der Waals surface area contributed by atoms with Gasteiger partial charge in [-0.1, -0.05) is 31.0 Å². The number of amides is 2. The summed E-state index contributed by atoms with van der Waals surface area (Å²) in [5.41, 5.74) is 1.37. The van der Waals surface area contributed by atoms with Gasteiger partial charge in [0.05, 0.1) is 22.7 Å². The summed E-state index contributed by atoms with van der Waals surface area (Å²) < 4.78 is 15.0. The molecular weight excluding hydrogens is 379 g/mol. The highest BCUT2D eigenvalue weighted by atomic mass is 19.1. The van der Waals surface area contributed by atoms with Gasteiger partial charge >= 0.3 is 5.97 Å². The number of imide groups is 1. The van der Waals surface area contributed by atoms with Crippen LogP contribution < -0.4 is 0 Å². The van der Waals surface area contributed by atoms with Crippen LogP contribution in [0.15, 0.2) is 36.5 Å². The number of benzene rings is 1. The number of nitrogens with zero attached hydrogens (tertiary/aromatic N) is 4. The van der Waals surface area contributed by atoms with E-state index in [9.17, 15) is 18.8 Å². The lowest BCUT2D eigenvalue weighted by Gasteiger charge is -2.19. The smallest absolute Gasteiger partial charge is 0.329 e. The van der Waals surface area contributed by atoms with E-state index in [4.69, 9.17) is 4.84 Å². The highest BCUT2D eigenvalue weighted by molar-refractivity contribution is 6.20. The van der Waals surface area contributed by atoms with Crippen molar-refractivity contribution in [1.29, 1.82) is 0 Å². The van der Waals surface area contributed by atoms with E-state index in [2.05, 4.69) is 10.1 Å². The van der Waals surface area contributed by atoms with Gasteiger partial charge in [0.25, 0.3) is 11.8 Å². The van der Waals surface area contributed by atoms with Crippen molar-refractivity contribution in [1.82, 2.24) is 19.7 Å². The Labute approximate surface area is 163 Å². The molecule has 3 aromatic rings. The maximum Gasteiger partial charge on any atom is 0.340 e. The van der Waals surface area contributed by atoms with E-state index in [0.717, 1.165) is 0 Å². The van der Waals surface area contributed by atoms with Crippen molar-refractivity contribution in [3.8, 4) is 0 Å². The van der Waals surface area contributed by atoms with Gasteiger partial charge in [0.1, 0.15) is 0 Å². The zero-order valence-corrected chi connectivity index (χ0v) is 15.5. The maximum atomic E-state index is 13.6. The summed E-state index contributed by atoms with van der Waals surface area (Å²) in [5.74, 6) is -3.55. The van der Waals surface area contributed by atoms with E-state index in [1.807, 2.05) is 13.8 Å². The molecule has 1 unspecified atom stereocenters. The Hall–Kier alpha value is -3.62. The first-order valence-electron chi connectivity index (χ1n) is 9.02. The van der Waals surface area contributed by atoms with Crippen molar-refractivity contribution in [3.63, 3.8) is 0 Å². The summed E-state index contributed by atoms with van der Waals surface area (Å²) in [6, 6.07) is 7.48. The van der Waals surface area contributed by atoms with Crippen LogP contribution >= 0.6 is 0 Å². The normalized spacial score (nSPS) is 19.6. The van der Waals surface area contributed by atoms with Gasteiger partial charge in [0.2, 0.25) is 5.95 Å². The van der Waals surface area contributed by atoms with Crippen LogP contribution in [0.1, 0.15) is 58.2 Å². The monoisotopic (exact) mass is 394 g/mol. The Morgan fingerprint density at radius 1 is 1.21 bits per heavy atom. The predicted octanol–water partition coefficient (Wildman–Crippen LogP) is 2.39. The minimum absolute atomic E-state index is 0.188.